The molecule has 0 radical (unpaired) electrons. The van der Waals surface area contributed by atoms with Gasteiger partial charge in [-0.2, -0.15) is 9.41 Å². The third-order valence-electron chi connectivity index (χ3n) is 3.69. The second kappa shape index (κ2) is 9.58. The maximum atomic E-state index is 12.5. The highest BCUT2D eigenvalue weighted by molar-refractivity contribution is 9.10. The van der Waals surface area contributed by atoms with E-state index in [2.05, 4.69) is 26.5 Å². The van der Waals surface area contributed by atoms with E-state index in [1.165, 1.54) is 50.7 Å². The number of nitro benzene ring substituents is 1. The first-order valence-electron chi connectivity index (χ1n) is 8.01. The third kappa shape index (κ3) is 5.82. The number of benzene rings is 2. The van der Waals surface area contributed by atoms with Crippen LogP contribution in [0, 0.1) is 10.1 Å². The molecule has 0 aliphatic carbocycles. The van der Waals surface area contributed by atoms with Crippen molar-refractivity contribution >= 4 is 43.8 Å². The minimum atomic E-state index is -3.84. The zero-order valence-electron chi connectivity index (χ0n) is 15.4. The Bertz CT molecular complexity index is 1040. The van der Waals surface area contributed by atoms with E-state index in [0.717, 1.165) is 8.78 Å². The molecule has 29 heavy (non-hydrogen) atoms. The number of likely N-dealkylation sites (N-methyl/N-ethyl adjacent to an activating group) is 1. The SMILES string of the molecule is COc1ccc(/C=N\NC(=O)CN(C)S(=O)(=O)c2ccc(Br)cc2)cc1[N+](=O)[O-]. The number of hydrazone groups is 1. The van der Waals surface area contributed by atoms with Gasteiger partial charge in [0.2, 0.25) is 10.0 Å². The van der Waals surface area contributed by atoms with Gasteiger partial charge in [0.1, 0.15) is 0 Å². The molecular weight excluding hydrogens is 468 g/mol. The number of carbonyl (C=O) groups excluding carboxylic acids is 1. The van der Waals surface area contributed by atoms with Crippen molar-refractivity contribution in [3.8, 4) is 5.75 Å². The Morgan fingerprint density at radius 1 is 1.31 bits per heavy atom. The van der Waals surface area contributed by atoms with Gasteiger partial charge in [-0.1, -0.05) is 15.9 Å². The Morgan fingerprint density at radius 3 is 2.55 bits per heavy atom. The van der Waals surface area contributed by atoms with Crippen LogP contribution in [0.25, 0.3) is 0 Å². The fraction of sp³-hybridized carbons (Fsp3) is 0.176. The number of rotatable bonds is 8. The summed E-state index contributed by atoms with van der Waals surface area (Å²) in [5.74, 6) is -0.580. The number of halogens is 1. The van der Waals surface area contributed by atoms with E-state index in [1.807, 2.05) is 0 Å². The van der Waals surface area contributed by atoms with Crippen LogP contribution in [-0.2, 0) is 14.8 Å². The summed E-state index contributed by atoms with van der Waals surface area (Å²) in [6, 6.07) is 10.2. The number of nitrogens with zero attached hydrogens (tertiary/aromatic N) is 3. The summed E-state index contributed by atoms with van der Waals surface area (Å²) in [6.07, 6.45) is 1.20. The minimum absolute atomic E-state index is 0.0463. The number of hydrogen-bond acceptors (Lipinski definition) is 7. The Morgan fingerprint density at radius 2 is 1.97 bits per heavy atom. The molecule has 0 saturated heterocycles. The van der Waals surface area contributed by atoms with Crippen LogP contribution in [0.15, 0.2) is 56.9 Å². The van der Waals surface area contributed by atoms with E-state index < -0.39 is 27.4 Å². The third-order valence-corrected chi connectivity index (χ3v) is 6.04. The topological polar surface area (TPSA) is 131 Å². The van der Waals surface area contributed by atoms with E-state index in [-0.39, 0.29) is 16.3 Å². The highest BCUT2D eigenvalue weighted by atomic mass is 79.9. The highest BCUT2D eigenvalue weighted by Crippen LogP contribution is 2.26. The highest BCUT2D eigenvalue weighted by Gasteiger charge is 2.22. The largest absolute Gasteiger partial charge is 0.490 e. The van der Waals surface area contributed by atoms with Crippen molar-refractivity contribution in [2.45, 2.75) is 4.90 Å². The number of nitrogens with one attached hydrogen (secondary N) is 1. The summed E-state index contributed by atoms with van der Waals surface area (Å²) in [6.45, 7) is -0.460. The number of amides is 1. The Hall–Kier alpha value is -2.83. The lowest BCUT2D eigenvalue weighted by atomic mass is 10.2. The zero-order chi connectivity index (χ0) is 21.6. The van der Waals surface area contributed by atoms with Gasteiger partial charge < -0.3 is 4.74 Å². The lowest BCUT2D eigenvalue weighted by Crippen LogP contribution is -2.36. The quantitative estimate of drug-likeness (QED) is 0.346. The van der Waals surface area contributed by atoms with Crippen molar-refractivity contribution in [2.24, 2.45) is 5.10 Å². The number of hydrogen-bond donors (Lipinski definition) is 1. The van der Waals surface area contributed by atoms with Crippen molar-refractivity contribution in [1.82, 2.24) is 9.73 Å². The number of ether oxygens (including phenoxy) is 1. The lowest BCUT2D eigenvalue weighted by Gasteiger charge is -2.16. The predicted octanol–water partition coefficient (Wildman–Crippen LogP) is 2.14. The van der Waals surface area contributed by atoms with Crippen LogP contribution in [-0.4, -0.2) is 50.5 Å². The van der Waals surface area contributed by atoms with Crippen LogP contribution in [0.1, 0.15) is 5.56 Å². The number of carbonyl (C=O) groups is 1. The normalized spacial score (nSPS) is 11.6. The van der Waals surface area contributed by atoms with Gasteiger partial charge in [0.15, 0.2) is 5.75 Å². The molecule has 10 nitrogen and oxygen atoms in total. The molecular formula is C17H17BrN4O6S. The summed E-state index contributed by atoms with van der Waals surface area (Å²) < 4.78 is 31.4. The first-order chi connectivity index (χ1) is 13.6. The first kappa shape index (κ1) is 22.5. The fourth-order valence-corrected chi connectivity index (χ4v) is 3.61. The molecule has 1 N–H and O–H groups in total. The maximum Gasteiger partial charge on any atom is 0.311 e. The standard InChI is InChI=1S/C17H17BrN4O6S/c1-21(29(26,27)14-6-4-13(18)5-7-14)11-17(23)20-19-10-12-3-8-16(28-2)15(9-12)22(24)25/h3-10H,11H2,1-2H3,(H,20,23)/b19-10-. The molecule has 12 heteroatoms. The monoisotopic (exact) mass is 484 g/mol. The van der Waals surface area contributed by atoms with E-state index in [9.17, 15) is 23.3 Å². The van der Waals surface area contributed by atoms with Gasteiger partial charge in [-0.3, -0.25) is 14.9 Å². The fourth-order valence-electron chi connectivity index (χ4n) is 2.22. The summed E-state index contributed by atoms with van der Waals surface area (Å²) in [4.78, 5) is 22.4. The van der Waals surface area contributed by atoms with E-state index in [4.69, 9.17) is 4.74 Å². The molecule has 0 spiro atoms. The van der Waals surface area contributed by atoms with Crippen molar-refractivity contribution < 1.29 is 22.9 Å². The summed E-state index contributed by atoms with van der Waals surface area (Å²) in [5.41, 5.74) is 2.30. The average Bonchev–Trinajstić information content (AvgIpc) is 2.68. The molecule has 0 aliphatic rings. The molecule has 1 amide bonds. The number of methoxy groups -OCH3 is 1. The van der Waals surface area contributed by atoms with Gasteiger partial charge in [0.25, 0.3) is 5.91 Å². The molecule has 2 rings (SSSR count). The molecule has 0 fully saturated rings. The van der Waals surface area contributed by atoms with E-state index in [0.29, 0.717) is 5.56 Å². The molecule has 0 heterocycles. The van der Waals surface area contributed by atoms with Crippen molar-refractivity contribution in [3.05, 3.63) is 62.6 Å². The van der Waals surface area contributed by atoms with E-state index in [1.54, 1.807) is 12.1 Å². The Balaban J connectivity index is 2.01. The van der Waals surface area contributed by atoms with Gasteiger partial charge in [-0.25, -0.2) is 13.8 Å². The van der Waals surface area contributed by atoms with Gasteiger partial charge in [0.05, 0.1) is 29.7 Å². The van der Waals surface area contributed by atoms with Crippen LogP contribution >= 0.6 is 15.9 Å². The Kier molecular flexibility index (Phi) is 7.42. The molecule has 0 aromatic heterocycles. The molecule has 0 unspecified atom stereocenters. The van der Waals surface area contributed by atoms with Crippen LogP contribution in [0.2, 0.25) is 0 Å². The minimum Gasteiger partial charge on any atom is -0.490 e. The molecule has 0 aliphatic heterocycles. The van der Waals surface area contributed by atoms with Crippen LogP contribution in [0.5, 0.6) is 5.75 Å². The lowest BCUT2D eigenvalue weighted by molar-refractivity contribution is -0.385. The molecule has 2 aromatic rings. The second-order valence-electron chi connectivity index (χ2n) is 5.70. The molecule has 0 atom stereocenters. The van der Waals surface area contributed by atoms with Crippen LogP contribution in [0.4, 0.5) is 5.69 Å². The van der Waals surface area contributed by atoms with Gasteiger partial charge >= 0.3 is 5.69 Å². The molecule has 0 bridgehead atoms. The smallest absolute Gasteiger partial charge is 0.311 e. The predicted molar refractivity (Wildman–Crippen MR) is 109 cm³/mol. The Labute approximate surface area is 175 Å². The van der Waals surface area contributed by atoms with Crippen molar-refractivity contribution in [2.75, 3.05) is 20.7 Å². The maximum absolute atomic E-state index is 12.5. The summed E-state index contributed by atoms with van der Waals surface area (Å²) >= 11 is 3.22. The summed E-state index contributed by atoms with van der Waals surface area (Å²) in [7, 11) is -1.25. The zero-order valence-corrected chi connectivity index (χ0v) is 17.8. The first-order valence-corrected chi connectivity index (χ1v) is 10.2. The van der Waals surface area contributed by atoms with Crippen molar-refractivity contribution in [3.63, 3.8) is 0 Å². The average molecular weight is 485 g/mol. The molecule has 2 aromatic carbocycles. The molecule has 0 saturated carbocycles. The number of nitro groups is 1. The van der Waals surface area contributed by atoms with Gasteiger partial charge in [-0.15, -0.1) is 0 Å². The molecule has 154 valence electrons. The second-order valence-corrected chi connectivity index (χ2v) is 8.66. The summed E-state index contributed by atoms with van der Waals surface area (Å²) in [5, 5.41) is 14.7. The van der Waals surface area contributed by atoms with Crippen LogP contribution in [0.3, 0.4) is 0 Å². The number of sulfonamides is 1. The van der Waals surface area contributed by atoms with Gasteiger partial charge in [-0.05, 0) is 36.4 Å². The van der Waals surface area contributed by atoms with E-state index >= 15 is 0 Å². The van der Waals surface area contributed by atoms with Crippen molar-refractivity contribution in [1.29, 1.82) is 0 Å². The van der Waals surface area contributed by atoms with Crippen LogP contribution < -0.4 is 10.2 Å². The van der Waals surface area contributed by atoms with Gasteiger partial charge in [0, 0.05) is 23.2 Å².